The van der Waals surface area contributed by atoms with Gasteiger partial charge in [0.25, 0.3) is 5.91 Å². The van der Waals surface area contributed by atoms with Gasteiger partial charge in [0.2, 0.25) is 0 Å². The molecule has 2 rings (SSSR count). The van der Waals surface area contributed by atoms with E-state index in [4.69, 9.17) is 4.74 Å². The van der Waals surface area contributed by atoms with Crippen LogP contribution in [0.4, 0.5) is 0 Å². The van der Waals surface area contributed by atoms with Gasteiger partial charge in [-0.1, -0.05) is 6.07 Å². The summed E-state index contributed by atoms with van der Waals surface area (Å²) < 4.78 is 5.02. The minimum absolute atomic E-state index is 0.198. The SMILES string of the molecule is COCCN(Cc1ccccn1)C(=O)c1cn[nH]n1. The number of hydrogen-bond acceptors (Lipinski definition) is 5. The minimum atomic E-state index is -0.198. The monoisotopic (exact) mass is 261 g/mol. The molecule has 0 aliphatic carbocycles. The van der Waals surface area contributed by atoms with Crippen LogP contribution >= 0.6 is 0 Å². The Labute approximate surface area is 110 Å². The summed E-state index contributed by atoms with van der Waals surface area (Å²) in [5, 5.41) is 9.87. The number of pyridine rings is 1. The van der Waals surface area contributed by atoms with Crippen LogP contribution in [0.15, 0.2) is 30.6 Å². The quantitative estimate of drug-likeness (QED) is 0.818. The molecule has 2 aromatic rings. The van der Waals surface area contributed by atoms with E-state index in [2.05, 4.69) is 20.4 Å². The molecular formula is C12H15N5O2. The third-order valence-electron chi connectivity index (χ3n) is 2.57. The van der Waals surface area contributed by atoms with E-state index < -0.39 is 0 Å². The number of rotatable bonds is 6. The van der Waals surface area contributed by atoms with Gasteiger partial charge in [-0.3, -0.25) is 9.78 Å². The molecule has 0 aliphatic rings. The number of H-pyrrole nitrogens is 1. The second-order valence-electron chi connectivity index (χ2n) is 3.90. The van der Waals surface area contributed by atoms with Crippen molar-refractivity contribution in [3.8, 4) is 0 Å². The van der Waals surface area contributed by atoms with Gasteiger partial charge in [-0.05, 0) is 12.1 Å². The summed E-state index contributed by atoms with van der Waals surface area (Å²) >= 11 is 0. The minimum Gasteiger partial charge on any atom is -0.383 e. The van der Waals surface area contributed by atoms with E-state index in [1.54, 1.807) is 18.2 Å². The van der Waals surface area contributed by atoms with Gasteiger partial charge in [0, 0.05) is 19.9 Å². The second kappa shape index (κ2) is 6.60. The summed E-state index contributed by atoms with van der Waals surface area (Å²) in [7, 11) is 1.60. The first kappa shape index (κ1) is 13.2. The molecule has 2 aromatic heterocycles. The molecule has 0 fully saturated rings. The van der Waals surface area contributed by atoms with Gasteiger partial charge in [0.1, 0.15) is 0 Å². The Morgan fingerprint density at radius 3 is 3.00 bits per heavy atom. The van der Waals surface area contributed by atoms with Crippen LogP contribution in [0.2, 0.25) is 0 Å². The largest absolute Gasteiger partial charge is 0.383 e. The average Bonchev–Trinajstić information content (AvgIpc) is 2.98. The van der Waals surface area contributed by atoms with Gasteiger partial charge < -0.3 is 9.64 Å². The van der Waals surface area contributed by atoms with Crippen LogP contribution in [0.25, 0.3) is 0 Å². The van der Waals surface area contributed by atoms with Crippen molar-refractivity contribution in [2.45, 2.75) is 6.54 Å². The number of carbonyl (C=O) groups is 1. The molecule has 7 heteroatoms. The highest BCUT2D eigenvalue weighted by Gasteiger charge is 2.18. The fourth-order valence-electron chi connectivity index (χ4n) is 1.61. The van der Waals surface area contributed by atoms with E-state index in [0.717, 1.165) is 5.69 Å². The Hall–Kier alpha value is -2.28. The number of nitrogens with one attached hydrogen (secondary N) is 1. The van der Waals surface area contributed by atoms with E-state index in [-0.39, 0.29) is 11.6 Å². The van der Waals surface area contributed by atoms with Crippen LogP contribution < -0.4 is 0 Å². The molecule has 0 spiro atoms. The van der Waals surface area contributed by atoms with Crippen molar-refractivity contribution >= 4 is 5.91 Å². The van der Waals surface area contributed by atoms with Crippen molar-refractivity contribution in [2.24, 2.45) is 0 Å². The molecule has 1 amide bonds. The standard InChI is InChI=1S/C12H15N5O2/c1-19-7-6-17(9-10-4-2-3-5-13-10)12(18)11-8-14-16-15-11/h2-5,8H,6-7,9H2,1H3,(H,14,15,16). The van der Waals surface area contributed by atoms with Crippen LogP contribution in [-0.2, 0) is 11.3 Å². The van der Waals surface area contributed by atoms with Crippen molar-refractivity contribution < 1.29 is 9.53 Å². The van der Waals surface area contributed by atoms with Crippen LogP contribution in [0.3, 0.4) is 0 Å². The van der Waals surface area contributed by atoms with E-state index >= 15 is 0 Å². The number of ether oxygens (including phenoxy) is 1. The van der Waals surface area contributed by atoms with E-state index in [1.807, 2.05) is 18.2 Å². The summed E-state index contributed by atoms with van der Waals surface area (Å²) in [6.07, 6.45) is 3.10. The zero-order valence-corrected chi connectivity index (χ0v) is 10.6. The number of hydrogen-bond donors (Lipinski definition) is 1. The topological polar surface area (TPSA) is 84.0 Å². The molecule has 0 saturated carbocycles. The van der Waals surface area contributed by atoms with Crippen molar-refractivity contribution in [1.29, 1.82) is 0 Å². The van der Waals surface area contributed by atoms with E-state index in [0.29, 0.717) is 19.7 Å². The van der Waals surface area contributed by atoms with Crippen LogP contribution in [-0.4, -0.2) is 51.5 Å². The van der Waals surface area contributed by atoms with Gasteiger partial charge in [0.15, 0.2) is 5.69 Å². The third kappa shape index (κ3) is 3.59. The van der Waals surface area contributed by atoms with Gasteiger partial charge in [-0.2, -0.15) is 15.4 Å². The third-order valence-corrected chi connectivity index (χ3v) is 2.57. The molecule has 0 atom stereocenters. The first-order chi connectivity index (χ1) is 9.31. The highest BCUT2D eigenvalue weighted by molar-refractivity contribution is 5.91. The Morgan fingerprint density at radius 2 is 2.37 bits per heavy atom. The highest BCUT2D eigenvalue weighted by atomic mass is 16.5. The van der Waals surface area contributed by atoms with Gasteiger partial charge in [-0.25, -0.2) is 0 Å². The lowest BCUT2D eigenvalue weighted by Crippen LogP contribution is -2.34. The first-order valence-electron chi connectivity index (χ1n) is 5.85. The number of aromatic nitrogens is 4. The molecule has 0 aliphatic heterocycles. The average molecular weight is 261 g/mol. The Morgan fingerprint density at radius 1 is 1.47 bits per heavy atom. The Balaban J connectivity index is 2.09. The predicted molar refractivity (Wildman–Crippen MR) is 67.2 cm³/mol. The van der Waals surface area contributed by atoms with E-state index in [9.17, 15) is 4.79 Å². The Bertz CT molecular complexity index is 500. The predicted octanol–water partition coefficient (Wildman–Crippen LogP) is 0.488. The molecule has 0 aromatic carbocycles. The fourth-order valence-corrected chi connectivity index (χ4v) is 1.61. The lowest BCUT2D eigenvalue weighted by atomic mass is 10.3. The van der Waals surface area contributed by atoms with Gasteiger partial charge in [0.05, 0.1) is 25.0 Å². The maximum Gasteiger partial charge on any atom is 0.276 e. The molecular weight excluding hydrogens is 246 g/mol. The second-order valence-corrected chi connectivity index (χ2v) is 3.90. The Kier molecular flexibility index (Phi) is 4.57. The molecule has 0 unspecified atom stereocenters. The van der Waals surface area contributed by atoms with Crippen LogP contribution in [0.1, 0.15) is 16.2 Å². The number of nitrogens with zero attached hydrogens (tertiary/aromatic N) is 4. The molecule has 0 saturated heterocycles. The lowest BCUT2D eigenvalue weighted by Gasteiger charge is -2.20. The molecule has 19 heavy (non-hydrogen) atoms. The van der Waals surface area contributed by atoms with E-state index in [1.165, 1.54) is 6.20 Å². The van der Waals surface area contributed by atoms with Crippen LogP contribution in [0.5, 0.6) is 0 Å². The number of amides is 1. The van der Waals surface area contributed by atoms with Crippen molar-refractivity contribution in [1.82, 2.24) is 25.3 Å². The molecule has 1 N–H and O–H groups in total. The molecule has 100 valence electrons. The summed E-state index contributed by atoms with van der Waals surface area (Å²) in [6, 6.07) is 5.59. The fraction of sp³-hybridized carbons (Fsp3) is 0.333. The number of aromatic amines is 1. The zero-order valence-electron chi connectivity index (χ0n) is 10.6. The highest BCUT2D eigenvalue weighted by Crippen LogP contribution is 2.05. The summed E-state index contributed by atoms with van der Waals surface area (Å²) in [6.45, 7) is 1.34. The summed E-state index contributed by atoms with van der Waals surface area (Å²) in [4.78, 5) is 18.1. The lowest BCUT2D eigenvalue weighted by molar-refractivity contribution is 0.0672. The molecule has 2 heterocycles. The number of carbonyl (C=O) groups excluding carboxylic acids is 1. The summed E-state index contributed by atoms with van der Waals surface area (Å²) in [5.41, 5.74) is 1.10. The maximum absolute atomic E-state index is 12.2. The van der Waals surface area contributed by atoms with Gasteiger partial charge >= 0.3 is 0 Å². The molecule has 0 bridgehead atoms. The molecule has 0 radical (unpaired) electrons. The van der Waals surface area contributed by atoms with Crippen molar-refractivity contribution in [3.63, 3.8) is 0 Å². The van der Waals surface area contributed by atoms with Crippen LogP contribution in [0, 0.1) is 0 Å². The van der Waals surface area contributed by atoms with Crippen molar-refractivity contribution in [2.75, 3.05) is 20.3 Å². The summed E-state index contributed by atoms with van der Waals surface area (Å²) in [5.74, 6) is -0.198. The normalized spacial score (nSPS) is 10.4. The first-order valence-corrected chi connectivity index (χ1v) is 5.85. The molecule has 7 nitrogen and oxygen atoms in total. The van der Waals surface area contributed by atoms with Crippen molar-refractivity contribution in [3.05, 3.63) is 42.0 Å². The van der Waals surface area contributed by atoms with Gasteiger partial charge in [-0.15, -0.1) is 0 Å². The smallest absolute Gasteiger partial charge is 0.276 e. The number of methoxy groups -OCH3 is 1. The zero-order chi connectivity index (χ0) is 13.5. The maximum atomic E-state index is 12.2.